The second-order valence-corrected chi connectivity index (χ2v) is 7.42. The van der Waals surface area contributed by atoms with Gasteiger partial charge in [-0.3, -0.25) is 0 Å². The summed E-state index contributed by atoms with van der Waals surface area (Å²) < 4.78 is 0. The maximum Gasteiger partial charge on any atom is 0.165 e. The van der Waals surface area contributed by atoms with Crippen LogP contribution in [0.1, 0.15) is 6.42 Å². The molecule has 3 aromatic rings. The van der Waals surface area contributed by atoms with Crippen molar-refractivity contribution in [3.05, 3.63) is 47.5 Å². The molecule has 1 heterocycles. The molecule has 0 bridgehead atoms. The van der Waals surface area contributed by atoms with E-state index in [2.05, 4.69) is 21.5 Å². The van der Waals surface area contributed by atoms with Gasteiger partial charge in [-0.1, -0.05) is 23.7 Å². The normalized spacial score (nSPS) is 12.3. The number of fused-ring (bicyclic) bond motifs is 1. The summed E-state index contributed by atoms with van der Waals surface area (Å²) in [6.45, 7) is 0.614. The number of hydrogen-bond donors (Lipinski definition) is 3. The zero-order valence-corrected chi connectivity index (χ0v) is 16.0. The monoisotopic (exact) mass is 388 g/mol. The minimum Gasteiger partial charge on any atom is -0.507 e. The van der Waals surface area contributed by atoms with Crippen molar-refractivity contribution >= 4 is 40.1 Å². The molecular formula is C19H21ClN4OS. The Labute approximate surface area is 162 Å². The van der Waals surface area contributed by atoms with E-state index in [4.69, 9.17) is 17.3 Å². The van der Waals surface area contributed by atoms with Crippen molar-refractivity contribution in [3.8, 4) is 17.1 Å². The van der Waals surface area contributed by atoms with Crippen LogP contribution in [0.3, 0.4) is 0 Å². The fourth-order valence-corrected chi connectivity index (χ4v) is 3.33. The molecule has 0 radical (unpaired) electrons. The lowest BCUT2D eigenvalue weighted by Crippen LogP contribution is -2.30. The maximum absolute atomic E-state index is 10.2. The first kappa shape index (κ1) is 18.8. The topological polar surface area (TPSA) is 84.1 Å². The molecule has 0 saturated carbocycles. The number of para-hydroxylation sites is 1. The Morgan fingerprint density at radius 3 is 2.85 bits per heavy atom. The van der Waals surface area contributed by atoms with Crippen LogP contribution in [-0.4, -0.2) is 39.7 Å². The van der Waals surface area contributed by atoms with Gasteiger partial charge in [-0.25, -0.2) is 9.97 Å². The molecule has 0 spiro atoms. The van der Waals surface area contributed by atoms with Crippen molar-refractivity contribution in [1.82, 2.24) is 9.97 Å². The van der Waals surface area contributed by atoms with Crippen molar-refractivity contribution in [3.63, 3.8) is 0 Å². The Bertz CT molecular complexity index is 906. The van der Waals surface area contributed by atoms with Crippen LogP contribution in [-0.2, 0) is 0 Å². The van der Waals surface area contributed by atoms with Crippen LogP contribution in [0.5, 0.6) is 5.75 Å². The molecule has 3 rings (SSSR count). The lowest BCUT2D eigenvalue weighted by Gasteiger charge is -2.15. The molecular weight excluding hydrogens is 368 g/mol. The van der Waals surface area contributed by atoms with Gasteiger partial charge in [0, 0.05) is 23.0 Å². The number of aromatic hydroxyl groups is 1. The Kier molecular flexibility index (Phi) is 6.19. The Hall–Kier alpha value is -2.02. The van der Waals surface area contributed by atoms with Crippen molar-refractivity contribution in [2.75, 3.05) is 23.9 Å². The minimum absolute atomic E-state index is 0.0409. The van der Waals surface area contributed by atoms with Crippen LogP contribution >= 0.6 is 23.4 Å². The summed E-state index contributed by atoms with van der Waals surface area (Å²) in [5.74, 6) is 2.23. The lowest BCUT2D eigenvalue weighted by molar-refractivity contribution is 0.477. The van der Waals surface area contributed by atoms with Gasteiger partial charge in [0.25, 0.3) is 0 Å². The number of hydrogen-bond acceptors (Lipinski definition) is 6. The van der Waals surface area contributed by atoms with Crippen molar-refractivity contribution in [1.29, 1.82) is 0 Å². The summed E-state index contributed by atoms with van der Waals surface area (Å²) in [4.78, 5) is 9.20. The molecule has 26 heavy (non-hydrogen) atoms. The highest BCUT2D eigenvalue weighted by Gasteiger charge is 2.13. The van der Waals surface area contributed by atoms with E-state index in [9.17, 15) is 5.11 Å². The second kappa shape index (κ2) is 8.58. The number of halogens is 1. The number of rotatable bonds is 7. The van der Waals surface area contributed by atoms with Gasteiger partial charge in [-0.2, -0.15) is 11.8 Å². The molecule has 5 nitrogen and oxygen atoms in total. The summed E-state index contributed by atoms with van der Waals surface area (Å²) in [6, 6.07) is 12.6. The van der Waals surface area contributed by atoms with E-state index in [1.54, 1.807) is 30.0 Å². The molecule has 1 aromatic heterocycles. The number of phenols is 1. The van der Waals surface area contributed by atoms with Crippen molar-refractivity contribution in [2.24, 2.45) is 5.73 Å². The highest BCUT2D eigenvalue weighted by Crippen LogP contribution is 2.32. The fourth-order valence-electron chi connectivity index (χ4n) is 2.62. The highest BCUT2D eigenvalue weighted by atomic mass is 35.5. The SMILES string of the molecule is CSCC[C@H](N)CNc1nc(-c2cc(Cl)ccc2O)nc2ccccc12. The minimum atomic E-state index is 0.0409. The summed E-state index contributed by atoms with van der Waals surface area (Å²) in [5, 5.41) is 15.0. The number of nitrogens with two attached hydrogens (primary N) is 1. The first-order chi connectivity index (χ1) is 12.6. The fraction of sp³-hybridized carbons (Fsp3) is 0.263. The number of nitrogens with zero attached hydrogens (tertiary/aromatic N) is 2. The van der Waals surface area contributed by atoms with Gasteiger partial charge < -0.3 is 16.2 Å². The second-order valence-electron chi connectivity index (χ2n) is 6.00. The van der Waals surface area contributed by atoms with Crippen LogP contribution in [0, 0.1) is 0 Å². The smallest absolute Gasteiger partial charge is 0.165 e. The van der Waals surface area contributed by atoms with Gasteiger partial charge in [0.2, 0.25) is 0 Å². The number of thioether (sulfide) groups is 1. The van der Waals surface area contributed by atoms with E-state index in [1.807, 2.05) is 24.3 Å². The molecule has 0 unspecified atom stereocenters. The predicted molar refractivity (Wildman–Crippen MR) is 111 cm³/mol. The third kappa shape index (κ3) is 4.38. The molecule has 0 aliphatic heterocycles. The van der Waals surface area contributed by atoms with E-state index < -0.39 is 0 Å². The summed E-state index contributed by atoms with van der Waals surface area (Å²) in [5.41, 5.74) is 7.46. The van der Waals surface area contributed by atoms with E-state index in [0.717, 1.165) is 23.1 Å². The molecule has 1 atom stereocenters. The van der Waals surface area contributed by atoms with Gasteiger partial charge in [0.15, 0.2) is 5.82 Å². The number of phenolic OH excluding ortho intramolecular Hbond substituents is 1. The Morgan fingerprint density at radius 1 is 1.23 bits per heavy atom. The van der Waals surface area contributed by atoms with Gasteiger partial charge in [0.05, 0.1) is 11.1 Å². The molecule has 136 valence electrons. The Balaban J connectivity index is 1.97. The van der Waals surface area contributed by atoms with E-state index in [0.29, 0.717) is 28.8 Å². The average Bonchev–Trinajstić information content (AvgIpc) is 2.66. The van der Waals surface area contributed by atoms with Gasteiger partial charge in [-0.05, 0) is 48.8 Å². The van der Waals surface area contributed by atoms with Gasteiger partial charge in [-0.15, -0.1) is 0 Å². The lowest BCUT2D eigenvalue weighted by atomic mass is 10.1. The summed E-state index contributed by atoms with van der Waals surface area (Å²) >= 11 is 7.86. The van der Waals surface area contributed by atoms with Gasteiger partial charge in [0.1, 0.15) is 11.6 Å². The maximum atomic E-state index is 10.2. The molecule has 0 saturated heterocycles. The van der Waals surface area contributed by atoms with Crippen molar-refractivity contribution in [2.45, 2.75) is 12.5 Å². The summed E-state index contributed by atoms with van der Waals surface area (Å²) in [6.07, 6.45) is 3.00. The van der Waals surface area contributed by atoms with Crippen LogP contribution in [0.2, 0.25) is 5.02 Å². The number of benzene rings is 2. The van der Waals surface area contributed by atoms with Crippen LogP contribution < -0.4 is 11.1 Å². The Morgan fingerprint density at radius 2 is 2.04 bits per heavy atom. The first-order valence-corrected chi connectivity index (χ1v) is 10.1. The standard InChI is InChI=1S/C19H21ClN4OS/c1-26-9-8-13(21)11-22-18-14-4-2-3-5-16(14)23-19(24-18)15-10-12(20)6-7-17(15)25/h2-7,10,13,25H,8-9,11,21H2,1H3,(H,22,23,24)/t13-/m0/s1. The summed E-state index contributed by atoms with van der Waals surface area (Å²) in [7, 11) is 0. The first-order valence-electron chi connectivity index (χ1n) is 8.32. The van der Waals surface area contributed by atoms with Crippen LogP contribution in [0.25, 0.3) is 22.3 Å². The largest absolute Gasteiger partial charge is 0.507 e. The van der Waals surface area contributed by atoms with Crippen molar-refractivity contribution < 1.29 is 5.11 Å². The molecule has 0 aliphatic rings. The van der Waals surface area contributed by atoms with Gasteiger partial charge >= 0.3 is 0 Å². The van der Waals surface area contributed by atoms with E-state index in [-0.39, 0.29) is 11.8 Å². The van der Waals surface area contributed by atoms with E-state index >= 15 is 0 Å². The number of aromatic nitrogens is 2. The predicted octanol–water partition coefficient (Wildman–Crippen LogP) is 4.15. The average molecular weight is 389 g/mol. The third-order valence-electron chi connectivity index (χ3n) is 4.03. The molecule has 0 aliphatic carbocycles. The quantitative estimate of drug-likeness (QED) is 0.564. The molecule has 0 fully saturated rings. The van der Waals surface area contributed by atoms with Crippen LogP contribution in [0.15, 0.2) is 42.5 Å². The molecule has 7 heteroatoms. The highest BCUT2D eigenvalue weighted by molar-refractivity contribution is 7.98. The molecule has 4 N–H and O–H groups in total. The third-order valence-corrected chi connectivity index (χ3v) is 4.91. The van der Waals surface area contributed by atoms with E-state index in [1.165, 1.54) is 0 Å². The number of anilines is 1. The zero-order chi connectivity index (χ0) is 18.5. The molecule has 0 amide bonds. The zero-order valence-electron chi connectivity index (χ0n) is 14.4. The number of nitrogens with one attached hydrogen (secondary N) is 1. The van der Waals surface area contributed by atoms with Crippen LogP contribution in [0.4, 0.5) is 5.82 Å². The molecule has 2 aromatic carbocycles.